The van der Waals surface area contributed by atoms with Crippen LogP contribution in [0.2, 0.25) is 0 Å². The second kappa shape index (κ2) is 7.40. The van der Waals surface area contributed by atoms with Crippen LogP contribution in [0.4, 0.5) is 5.82 Å². The van der Waals surface area contributed by atoms with Gasteiger partial charge in [0.25, 0.3) is 5.91 Å². The van der Waals surface area contributed by atoms with E-state index >= 15 is 0 Å². The Morgan fingerprint density at radius 3 is 2.75 bits per heavy atom. The lowest BCUT2D eigenvalue weighted by molar-refractivity contribution is 0.0729. The number of nitrogens with one attached hydrogen (secondary N) is 1. The van der Waals surface area contributed by atoms with Crippen LogP contribution in [0.25, 0.3) is 10.2 Å². The lowest BCUT2D eigenvalue weighted by atomic mass is 10.1. The zero-order valence-corrected chi connectivity index (χ0v) is 16.5. The van der Waals surface area contributed by atoms with Gasteiger partial charge in [-0.25, -0.2) is 9.97 Å². The Hall–Kier alpha value is -3.26. The first-order chi connectivity index (χ1) is 13.5. The van der Waals surface area contributed by atoms with Gasteiger partial charge in [-0.2, -0.15) is 5.10 Å². The van der Waals surface area contributed by atoms with E-state index in [1.54, 1.807) is 22.4 Å². The van der Waals surface area contributed by atoms with Crippen molar-refractivity contribution in [2.24, 2.45) is 0 Å². The van der Waals surface area contributed by atoms with Crippen LogP contribution < -0.4 is 5.73 Å². The molecule has 0 spiro atoms. The van der Waals surface area contributed by atoms with Gasteiger partial charge < -0.3 is 10.6 Å². The van der Waals surface area contributed by atoms with Crippen LogP contribution in [0.1, 0.15) is 32.2 Å². The summed E-state index contributed by atoms with van der Waals surface area (Å²) in [5.41, 5.74) is 10.1. The van der Waals surface area contributed by atoms with E-state index in [9.17, 15) is 4.79 Å². The number of aryl methyl sites for hydroxylation is 2. The number of H-pyrrole nitrogens is 1. The van der Waals surface area contributed by atoms with Crippen LogP contribution in [0.15, 0.2) is 42.7 Å². The molecule has 0 aliphatic heterocycles. The fraction of sp³-hybridized carbons (Fsp3) is 0.200. The maximum Gasteiger partial charge on any atom is 0.257 e. The van der Waals surface area contributed by atoms with E-state index in [0.717, 1.165) is 32.0 Å². The highest BCUT2D eigenvalue weighted by molar-refractivity contribution is 7.18. The molecule has 0 unspecified atom stereocenters. The van der Waals surface area contributed by atoms with Crippen LogP contribution in [0.3, 0.4) is 0 Å². The smallest absolute Gasteiger partial charge is 0.257 e. The second-order valence-electron chi connectivity index (χ2n) is 6.65. The maximum atomic E-state index is 13.1. The Balaban J connectivity index is 1.68. The van der Waals surface area contributed by atoms with Gasteiger partial charge in [0.1, 0.15) is 10.8 Å². The van der Waals surface area contributed by atoms with Crippen molar-refractivity contribution < 1.29 is 4.79 Å². The molecule has 0 aliphatic carbocycles. The monoisotopic (exact) mass is 392 g/mol. The molecule has 3 aromatic heterocycles. The molecule has 1 amide bonds. The first-order valence-corrected chi connectivity index (χ1v) is 9.68. The fourth-order valence-corrected chi connectivity index (χ4v) is 4.20. The summed E-state index contributed by atoms with van der Waals surface area (Å²) >= 11 is 1.60. The summed E-state index contributed by atoms with van der Waals surface area (Å²) in [4.78, 5) is 23.9. The highest BCUT2D eigenvalue weighted by atomic mass is 32.1. The average molecular weight is 392 g/mol. The first-order valence-electron chi connectivity index (χ1n) is 8.86. The van der Waals surface area contributed by atoms with Gasteiger partial charge in [-0.1, -0.05) is 12.1 Å². The number of nitrogens with two attached hydrogens (primary N) is 1. The minimum atomic E-state index is -0.108. The summed E-state index contributed by atoms with van der Waals surface area (Å²) in [6, 6.07) is 9.81. The summed E-state index contributed by atoms with van der Waals surface area (Å²) in [5.74, 6) is 0.376. The number of carbonyl (C=O) groups is 1. The summed E-state index contributed by atoms with van der Waals surface area (Å²) < 4.78 is 1.11. The number of carbonyl (C=O) groups excluding carboxylic acids is 1. The molecule has 0 radical (unpaired) electrons. The number of anilines is 1. The van der Waals surface area contributed by atoms with Crippen LogP contribution >= 0.6 is 11.3 Å². The van der Waals surface area contributed by atoms with Crippen molar-refractivity contribution in [3.8, 4) is 0 Å². The molecule has 0 fully saturated rings. The van der Waals surface area contributed by atoms with E-state index in [1.807, 2.05) is 44.2 Å². The fourth-order valence-electron chi connectivity index (χ4n) is 3.22. The summed E-state index contributed by atoms with van der Waals surface area (Å²) in [5, 5.41) is 7.50. The van der Waals surface area contributed by atoms with Gasteiger partial charge >= 0.3 is 0 Å². The van der Waals surface area contributed by atoms with E-state index in [1.165, 1.54) is 6.20 Å². The molecule has 142 valence electrons. The minimum absolute atomic E-state index is 0.108. The van der Waals surface area contributed by atoms with Crippen molar-refractivity contribution in [1.82, 2.24) is 25.1 Å². The minimum Gasteiger partial charge on any atom is -0.384 e. The van der Waals surface area contributed by atoms with Gasteiger partial charge in [0.2, 0.25) is 0 Å². The summed E-state index contributed by atoms with van der Waals surface area (Å²) in [6.07, 6.45) is 3.14. The molecule has 0 saturated heterocycles. The van der Waals surface area contributed by atoms with Crippen molar-refractivity contribution in [3.05, 3.63) is 70.1 Å². The van der Waals surface area contributed by atoms with E-state index in [4.69, 9.17) is 5.73 Å². The van der Waals surface area contributed by atoms with Gasteiger partial charge in [-0.15, -0.1) is 11.3 Å². The SMILES string of the molecule is Cc1cc(N)nc(C)c1CN(Cc1nc2ccccc2s1)C(=O)c1cn[nH]c1. The predicted octanol–water partition coefficient (Wildman–Crippen LogP) is 3.46. The molecule has 4 rings (SSSR count). The molecule has 3 heterocycles. The number of fused-ring (bicyclic) bond motifs is 1. The highest BCUT2D eigenvalue weighted by Crippen LogP contribution is 2.25. The molecule has 28 heavy (non-hydrogen) atoms. The Bertz CT molecular complexity index is 1080. The molecule has 0 aliphatic rings. The van der Waals surface area contributed by atoms with Crippen molar-refractivity contribution in [2.75, 3.05) is 5.73 Å². The van der Waals surface area contributed by atoms with Gasteiger partial charge in [0.05, 0.1) is 28.5 Å². The Kier molecular flexibility index (Phi) is 4.79. The third-order valence-electron chi connectivity index (χ3n) is 4.62. The molecule has 7 nitrogen and oxygen atoms in total. The van der Waals surface area contributed by atoms with Crippen LogP contribution in [-0.2, 0) is 13.1 Å². The van der Waals surface area contributed by atoms with Crippen LogP contribution in [0.5, 0.6) is 0 Å². The highest BCUT2D eigenvalue weighted by Gasteiger charge is 2.21. The predicted molar refractivity (Wildman–Crippen MR) is 110 cm³/mol. The largest absolute Gasteiger partial charge is 0.384 e. The number of thiazole rings is 1. The number of nitrogens with zero attached hydrogens (tertiary/aromatic N) is 4. The third-order valence-corrected chi connectivity index (χ3v) is 5.64. The van der Waals surface area contributed by atoms with Crippen molar-refractivity contribution in [2.45, 2.75) is 26.9 Å². The third kappa shape index (κ3) is 3.59. The van der Waals surface area contributed by atoms with Crippen LogP contribution in [0, 0.1) is 13.8 Å². The Morgan fingerprint density at radius 1 is 1.21 bits per heavy atom. The summed E-state index contributed by atoms with van der Waals surface area (Å²) in [6.45, 7) is 4.73. The standard InChI is InChI=1S/C20H20N6OS/c1-12-7-18(21)24-13(2)15(12)10-26(20(27)14-8-22-23-9-14)11-19-25-16-5-3-4-6-17(16)28-19/h3-9H,10-11H2,1-2H3,(H2,21,24)(H,22,23). The van der Waals surface area contributed by atoms with Crippen molar-refractivity contribution in [3.63, 3.8) is 0 Å². The topological polar surface area (TPSA) is 101 Å². The molecular weight excluding hydrogens is 372 g/mol. The quantitative estimate of drug-likeness (QED) is 0.542. The average Bonchev–Trinajstić information content (AvgIpc) is 3.32. The van der Waals surface area contributed by atoms with E-state index in [0.29, 0.717) is 24.5 Å². The number of nitrogen functional groups attached to an aromatic ring is 1. The summed E-state index contributed by atoms with van der Waals surface area (Å²) in [7, 11) is 0. The number of amides is 1. The van der Waals surface area contributed by atoms with E-state index in [2.05, 4.69) is 20.2 Å². The molecule has 1 aromatic carbocycles. The van der Waals surface area contributed by atoms with Crippen molar-refractivity contribution in [1.29, 1.82) is 0 Å². The van der Waals surface area contributed by atoms with Gasteiger partial charge in [0.15, 0.2) is 0 Å². The number of aromatic amines is 1. The molecule has 0 saturated carbocycles. The van der Waals surface area contributed by atoms with Gasteiger partial charge in [0, 0.05) is 18.4 Å². The number of benzene rings is 1. The van der Waals surface area contributed by atoms with Crippen LogP contribution in [-0.4, -0.2) is 31.0 Å². The molecule has 0 bridgehead atoms. The van der Waals surface area contributed by atoms with Crippen molar-refractivity contribution >= 4 is 33.3 Å². The number of pyridine rings is 1. The maximum absolute atomic E-state index is 13.1. The Morgan fingerprint density at radius 2 is 2.04 bits per heavy atom. The van der Waals surface area contributed by atoms with Gasteiger partial charge in [-0.05, 0) is 43.2 Å². The second-order valence-corrected chi connectivity index (χ2v) is 7.77. The molecule has 4 aromatic rings. The normalized spacial score (nSPS) is 11.1. The molecule has 8 heteroatoms. The van der Waals surface area contributed by atoms with Gasteiger partial charge in [-0.3, -0.25) is 9.89 Å². The Labute approximate surface area is 166 Å². The first kappa shape index (κ1) is 18.1. The lowest BCUT2D eigenvalue weighted by Crippen LogP contribution is -2.30. The number of rotatable bonds is 5. The number of hydrogen-bond acceptors (Lipinski definition) is 6. The van der Waals surface area contributed by atoms with E-state index < -0.39 is 0 Å². The number of hydrogen-bond donors (Lipinski definition) is 2. The number of para-hydroxylation sites is 1. The van der Waals surface area contributed by atoms with E-state index in [-0.39, 0.29) is 5.91 Å². The zero-order chi connectivity index (χ0) is 19.7. The molecule has 3 N–H and O–H groups in total. The zero-order valence-electron chi connectivity index (χ0n) is 15.6. The lowest BCUT2D eigenvalue weighted by Gasteiger charge is -2.23. The number of aromatic nitrogens is 4. The molecular formula is C20H20N6OS. The molecule has 0 atom stereocenters.